The van der Waals surface area contributed by atoms with Gasteiger partial charge in [-0.2, -0.15) is 0 Å². The second-order valence-electron chi connectivity index (χ2n) is 8.19. The number of nitrogens with zero attached hydrogens (tertiary/aromatic N) is 1. The van der Waals surface area contributed by atoms with Crippen molar-refractivity contribution in [2.24, 2.45) is 11.7 Å². The predicted molar refractivity (Wildman–Crippen MR) is 104 cm³/mol. The van der Waals surface area contributed by atoms with Crippen LogP contribution in [0.5, 0.6) is 0 Å². The molecular formula is C21H28N4O3. The van der Waals surface area contributed by atoms with E-state index >= 15 is 0 Å². The summed E-state index contributed by atoms with van der Waals surface area (Å²) in [5, 5.41) is 5.96. The third kappa shape index (κ3) is 3.69. The van der Waals surface area contributed by atoms with Gasteiger partial charge in [0.25, 0.3) is 5.91 Å². The van der Waals surface area contributed by atoms with Gasteiger partial charge in [-0.25, -0.2) is 0 Å². The van der Waals surface area contributed by atoms with E-state index in [1.807, 2.05) is 18.2 Å². The lowest BCUT2D eigenvalue weighted by molar-refractivity contribution is -0.136. The van der Waals surface area contributed by atoms with Crippen molar-refractivity contribution in [1.29, 1.82) is 0 Å². The summed E-state index contributed by atoms with van der Waals surface area (Å²) >= 11 is 0. The van der Waals surface area contributed by atoms with Gasteiger partial charge in [0.2, 0.25) is 11.8 Å². The quantitative estimate of drug-likeness (QED) is 0.659. The number of carbonyl (C=O) groups is 3. The fraction of sp³-hybridized carbons (Fsp3) is 0.571. The molecule has 1 atom stereocenters. The van der Waals surface area contributed by atoms with Gasteiger partial charge in [-0.15, -0.1) is 0 Å². The number of amides is 3. The SMILES string of the molecule is NCC1CCC(NCc2cccc3c2C(=O)N(C2CCC(=O)NC2=O)C3)CC1. The Morgan fingerprint density at radius 2 is 1.89 bits per heavy atom. The van der Waals surface area contributed by atoms with Crippen LogP contribution in [-0.2, 0) is 22.7 Å². The highest BCUT2D eigenvalue weighted by Crippen LogP contribution is 2.30. The maximum absolute atomic E-state index is 13.1. The van der Waals surface area contributed by atoms with Crippen LogP contribution >= 0.6 is 0 Å². The van der Waals surface area contributed by atoms with Gasteiger partial charge in [-0.05, 0) is 55.7 Å². The minimum Gasteiger partial charge on any atom is -0.330 e. The molecule has 1 saturated carbocycles. The fourth-order valence-corrected chi connectivity index (χ4v) is 4.69. The summed E-state index contributed by atoms with van der Waals surface area (Å²) in [4.78, 5) is 38.3. The van der Waals surface area contributed by atoms with E-state index in [0.29, 0.717) is 31.5 Å². The molecule has 1 aliphatic carbocycles. The fourth-order valence-electron chi connectivity index (χ4n) is 4.69. The number of hydrogen-bond donors (Lipinski definition) is 3. The number of imide groups is 1. The average molecular weight is 384 g/mol. The summed E-state index contributed by atoms with van der Waals surface area (Å²) in [6.07, 6.45) is 5.21. The largest absolute Gasteiger partial charge is 0.330 e. The maximum atomic E-state index is 13.1. The molecule has 0 radical (unpaired) electrons. The predicted octanol–water partition coefficient (Wildman–Crippen LogP) is 1.05. The Kier molecular flexibility index (Phi) is 5.46. The van der Waals surface area contributed by atoms with Crippen LogP contribution in [0.2, 0.25) is 0 Å². The van der Waals surface area contributed by atoms with E-state index in [-0.39, 0.29) is 24.1 Å². The minimum absolute atomic E-state index is 0.103. The number of nitrogens with one attached hydrogen (secondary N) is 2. The molecule has 0 aromatic heterocycles. The summed E-state index contributed by atoms with van der Waals surface area (Å²) in [5.41, 5.74) is 8.43. The van der Waals surface area contributed by atoms with Gasteiger partial charge in [0.15, 0.2) is 0 Å². The number of rotatable bonds is 5. The van der Waals surface area contributed by atoms with Gasteiger partial charge in [0.1, 0.15) is 6.04 Å². The first-order valence-corrected chi connectivity index (χ1v) is 10.3. The van der Waals surface area contributed by atoms with Crippen LogP contribution in [0.15, 0.2) is 18.2 Å². The average Bonchev–Trinajstić information content (AvgIpc) is 3.04. The molecule has 2 heterocycles. The Morgan fingerprint density at radius 3 is 2.61 bits per heavy atom. The molecule has 0 spiro atoms. The first-order chi connectivity index (χ1) is 13.6. The second-order valence-corrected chi connectivity index (χ2v) is 8.19. The van der Waals surface area contributed by atoms with Gasteiger partial charge in [0, 0.05) is 31.1 Å². The summed E-state index contributed by atoms with van der Waals surface area (Å²) in [6.45, 7) is 1.84. The Balaban J connectivity index is 1.43. The summed E-state index contributed by atoms with van der Waals surface area (Å²) in [5.74, 6) is -0.0928. The Hall–Kier alpha value is -2.25. The first kappa shape index (κ1) is 19.1. The van der Waals surface area contributed by atoms with E-state index in [2.05, 4.69) is 10.6 Å². The molecular weight excluding hydrogens is 356 g/mol. The molecule has 7 nitrogen and oxygen atoms in total. The standard InChI is InChI=1S/C21H28N4O3/c22-10-13-4-6-16(7-5-13)23-11-14-2-1-3-15-12-25(21(28)19(14)15)17-8-9-18(26)24-20(17)27/h1-3,13,16-17,23H,4-12,22H2,(H,24,26,27). The van der Waals surface area contributed by atoms with Crippen LogP contribution in [0.3, 0.4) is 0 Å². The molecule has 1 saturated heterocycles. The number of fused-ring (bicyclic) bond motifs is 1. The molecule has 3 aliphatic rings. The van der Waals surface area contributed by atoms with Crippen LogP contribution in [0, 0.1) is 5.92 Å². The normalized spacial score (nSPS) is 27.7. The first-order valence-electron chi connectivity index (χ1n) is 10.3. The summed E-state index contributed by atoms with van der Waals surface area (Å²) in [6, 6.07) is 5.81. The lowest BCUT2D eigenvalue weighted by atomic mass is 9.86. The van der Waals surface area contributed by atoms with Gasteiger partial charge in [-0.1, -0.05) is 18.2 Å². The lowest BCUT2D eigenvalue weighted by Crippen LogP contribution is -2.52. The molecule has 150 valence electrons. The van der Waals surface area contributed by atoms with Gasteiger partial charge in [-0.3, -0.25) is 19.7 Å². The van der Waals surface area contributed by atoms with Crippen molar-refractivity contribution >= 4 is 17.7 Å². The molecule has 1 aromatic carbocycles. The molecule has 0 bridgehead atoms. The number of piperidine rings is 1. The molecule has 4 rings (SSSR count). The zero-order valence-electron chi connectivity index (χ0n) is 16.1. The van der Waals surface area contributed by atoms with E-state index in [1.165, 1.54) is 0 Å². The van der Waals surface area contributed by atoms with Crippen LogP contribution in [0.4, 0.5) is 0 Å². The highest BCUT2D eigenvalue weighted by molar-refractivity contribution is 6.05. The third-order valence-corrected chi connectivity index (χ3v) is 6.40. The molecule has 4 N–H and O–H groups in total. The van der Waals surface area contributed by atoms with E-state index in [4.69, 9.17) is 5.73 Å². The van der Waals surface area contributed by atoms with Crippen molar-refractivity contribution in [3.05, 3.63) is 34.9 Å². The second kappa shape index (κ2) is 8.01. The van der Waals surface area contributed by atoms with E-state index < -0.39 is 6.04 Å². The number of carbonyl (C=O) groups excluding carboxylic acids is 3. The minimum atomic E-state index is -0.565. The molecule has 7 heteroatoms. The molecule has 1 aromatic rings. The van der Waals surface area contributed by atoms with Crippen molar-refractivity contribution in [3.63, 3.8) is 0 Å². The number of hydrogen-bond acceptors (Lipinski definition) is 5. The van der Waals surface area contributed by atoms with E-state index in [9.17, 15) is 14.4 Å². The monoisotopic (exact) mass is 384 g/mol. The summed E-state index contributed by atoms with van der Waals surface area (Å²) in [7, 11) is 0. The lowest BCUT2D eigenvalue weighted by Gasteiger charge is -2.29. The van der Waals surface area contributed by atoms with Crippen LogP contribution in [-0.4, -0.2) is 41.2 Å². The number of nitrogens with two attached hydrogens (primary N) is 1. The van der Waals surface area contributed by atoms with Crippen molar-refractivity contribution in [1.82, 2.24) is 15.5 Å². The zero-order valence-corrected chi connectivity index (χ0v) is 16.1. The molecule has 3 amide bonds. The van der Waals surface area contributed by atoms with Gasteiger partial charge < -0.3 is 16.0 Å². The maximum Gasteiger partial charge on any atom is 0.255 e. The van der Waals surface area contributed by atoms with E-state index in [1.54, 1.807) is 4.90 Å². The highest BCUT2D eigenvalue weighted by Gasteiger charge is 2.39. The van der Waals surface area contributed by atoms with Gasteiger partial charge in [0.05, 0.1) is 0 Å². The molecule has 2 fully saturated rings. The van der Waals surface area contributed by atoms with Crippen LogP contribution < -0.4 is 16.4 Å². The smallest absolute Gasteiger partial charge is 0.255 e. The third-order valence-electron chi connectivity index (χ3n) is 6.40. The molecule has 28 heavy (non-hydrogen) atoms. The van der Waals surface area contributed by atoms with Crippen molar-refractivity contribution in [2.45, 2.75) is 63.7 Å². The van der Waals surface area contributed by atoms with Gasteiger partial charge >= 0.3 is 0 Å². The summed E-state index contributed by atoms with van der Waals surface area (Å²) < 4.78 is 0. The zero-order chi connectivity index (χ0) is 19.7. The topological polar surface area (TPSA) is 105 Å². The van der Waals surface area contributed by atoms with Crippen molar-refractivity contribution in [3.8, 4) is 0 Å². The van der Waals surface area contributed by atoms with Crippen molar-refractivity contribution in [2.75, 3.05) is 6.54 Å². The highest BCUT2D eigenvalue weighted by atomic mass is 16.2. The molecule has 1 unspecified atom stereocenters. The van der Waals surface area contributed by atoms with Crippen LogP contribution in [0.1, 0.15) is 60.0 Å². The molecule has 2 aliphatic heterocycles. The van der Waals surface area contributed by atoms with Crippen LogP contribution in [0.25, 0.3) is 0 Å². The number of benzene rings is 1. The van der Waals surface area contributed by atoms with Crippen molar-refractivity contribution < 1.29 is 14.4 Å². The van der Waals surface area contributed by atoms with E-state index in [0.717, 1.165) is 48.9 Å². The Morgan fingerprint density at radius 1 is 1.11 bits per heavy atom. The Labute approximate surface area is 165 Å². The Bertz CT molecular complexity index is 786.